The molecule has 0 aromatic rings. The molecule has 96 valence electrons. The third kappa shape index (κ3) is 1.07. The zero-order chi connectivity index (χ0) is 13.2. The highest BCUT2D eigenvalue weighted by Gasteiger charge is 2.65. The number of aliphatic hydroxyl groups excluding tert-OH is 1. The van der Waals surface area contributed by atoms with Crippen molar-refractivity contribution in [1.29, 1.82) is 0 Å². The van der Waals surface area contributed by atoms with Crippen molar-refractivity contribution in [3.8, 4) is 0 Å². The molecule has 18 heavy (non-hydrogen) atoms. The van der Waals surface area contributed by atoms with Gasteiger partial charge in [0.15, 0.2) is 0 Å². The molecule has 0 fully saturated rings. The van der Waals surface area contributed by atoms with Crippen molar-refractivity contribution >= 4 is 10.1 Å². The van der Waals surface area contributed by atoms with E-state index >= 15 is 0 Å². The maximum Gasteiger partial charge on any atom is 0.272 e. The minimum absolute atomic E-state index is 0.0737. The molecule has 0 spiro atoms. The Balaban J connectivity index is 2.31. The van der Waals surface area contributed by atoms with Gasteiger partial charge in [-0.3, -0.25) is 4.55 Å². The van der Waals surface area contributed by atoms with E-state index in [1.807, 2.05) is 6.08 Å². The standard InChI is InChI=1S/C13H14O4S/c1-12-9-3-2-4-11(14)10(12)6-8-13(12,7-5-9)18(15,16)17/h2-6,14H,7-8H2,1H3,(H,15,16,17). The Bertz CT molecular complexity index is 650. The summed E-state index contributed by atoms with van der Waals surface area (Å²) in [5, 5.41) is 10.0. The highest BCUT2D eigenvalue weighted by molar-refractivity contribution is 7.87. The summed E-state index contributed by atoms with van der Waals surface area (Å²) < 4.78 is 32.1. The van der Waals surface area contributed by atoms with Crippen LogP contribution < -0.4 is 0 Å². The quantitative estimate of drug-likeness (QED) is 0.714. The SMILES string of the molecule is CC12C3=CCC1(S(=O)(=O)O)CC=C2C(O)=CC=C3. The molecule has 5 heteroatoms. The van der Waals surface area contributed by atoms with Gasteiger partial charge in [0, 0.05) is 11.0 Å². The van der Waals surface area contributed by atoms with Crippen molar-refractivity contribution in [3.63, 3.8) is 0 Å². The van der Waals surface area contributed by atoms with Crippen LogP contribution in [-0.2, 0) is 10.1 Å². The molecule has 0 aromatic carbocycles. The van der Waals surface area contributed by atoms with Gasteiger partial charge in [0.25, 0.3) is 10.1 Å². The summed E-state index contributed by atoms with van der Waals surface area (Å²) in [5.41, 5.74) is 0.562. The molecular weight excluding hydrogens is 252 g/mol. The maximum absolute atomic E-state index is 11.9. The molecule has 0 bridgehead atoms. The highest BCUT2D eigenvalue weighted by Crippen LogP contribution is 2.62. The molecule has 0 aromatic heterocycles. The van der Waals surface area contributed by atoms with Crippen LogP contribution >= 0.6 is 0 Å². The molecule has 4 nitrogen and oxygen atoms in total. The first kappa shape index (κ1) is 11.7. The molecule has 2 unspecified atom stereocenters. The van der Waals surface area contributed by atoms with Gasteiger partial charge in [0.2, 0.25) is 0 Å². The maximum atomic E-state index is 11.9. The van der Waals surface area contributed by atoms with E-state index in [9.17, 15) is 18.1 Å². The number of aliphatic hydroxyl groups is 1. The average Bonchev–Trinajstić information content (AvgIpc) is 2.65. The highest BCUT2D eigenvalue weighted by atomic mass is 32.2. The molecule has 0 amide bonds. The summed E-state index contributed by atoms with van der Waals surface area (Å²) in [7, 11) is -4.22. The van der Waals surface area contributed by atoms with Crippen LogP contribution in [0.2, 0.25) is 0 Å². The second kappa shape index (κ2) is 3.16. The first-order chi connectivity index (χ1) is 8.33. The predicted molar refractivity (Wildman–Crippen MR) is 67.6 cm³/mol. The lowest BCUT2D eigenvalue weighted by Gasteiger charge is -2.38. The van der Waals surface area contributed by atoms with Crippen LogP contribution in [0.3, 0.4) is 0 Å². The topological polar surface area (TPSA) is 74.6 Å². The van der Waals surface area contributed by atoms with Crippen molar-refractivity contribution < 1.29 is 18.1 Å². The molecule has 3 aliphatic rings. The Morgan fingerprint density at radius 1 is 1.28 bits per heavy atom. The van der Waals surface area contributed by atoms with Gasteiger partial charge in [-0.15, -0.1) is 0 Å². The van der Waals surface area contributed by atoms with E-state index in [4.69, 9.17) is 0 Å². The van der Waals surface area contributed by atoms with Crippen molar-refractivity contribution in [1.82, 2.24) is 0 Å². The Labute approximate surface area is 106 Å². The number of hydrogen-bond donors (Lipinski definition) is 2. The monoisotopic (exact) mass is 266 g/mol. The Hall–Kier alpha value is -1.33. The third-order valence-electron chi connectivity index (χ3n) is 4.61. The van der Waals surface area contributed by atoms with Crippen molar-refractivity contribution in [2.45, 2.75) is 24.5 Å². The summed E-state index contributed by atoms with van der Waals surface area (Å²) >= 11 is 0. The fourth-order valence-electron chi connectivity index (χ4n) is 3.50. The zero-order valence-corrected chi connectivity index (χ0v) is 10.7. The van der Waals surface area contributed by atoms with E-state index in [0.717, 1.165) is 5.57 Å². The van der Waals surface area contributed by atoms with E-state index < -0.39 is 20.3 Å². The van der Waals surface area contributed by atoms with Crippen LogP contribution in [0.1, 0.15) is 19.8 Å². The molecular formula is C13H14O4S. The average molecular weight is 266 g/mol. The second-order valence-corrected chi connectivity index (χ2v) is 6.92. The van der Waals surface area contributed by atoms with Gasteiger partial charge in [-0.1, -0.05) is 24.3 Å². The molecule has 0 radical (unpaired) electrons. The van der Waals surface area contributed by atoms with Gasteiger partial charge in [-0.05, 0) is 31.4 Å². The molecule has 0 saturated carbocycles. The van der Waals surface area contributed by atoms with Crippen LogP contribution in [-0.4, -0.2) is 22.8 Å². The van der Waals surface area contributed by atoms with Crippen molar-refractivity contribution in [2.75, 3.05) is 0 Å². The van der Waals surface area contributed by atoms with E-state index in [1.165, 1.54) is 0 Å². The third-order valence-corrected chi connectivity index (χ3v) is 6.34. The summed E-state index contributed by atoms with van der Waals surface area (Å²) in [6, 6.07) is 0. The first-order valence-corrected chi connectivity index (χ1v) is 7.23. The van der Waals surface area contributed by atoms with E-state index in [1.54, 1.807) is 31.2 Å². The Morgan fingerprint density at radius 3 is 2.61 bits per heavy atom. The van der Waals surface area contributed by atoms with Crippen LogP contribution in [0.5, 0.6) is 0 Å². The fraction of sp³-hybridized carbons (Fsp3) is 0.385. The van der Waals surface area contributed by atoms with Gasteiger partial charge >= 0.3 is 0 Å². The summed E-state index contributed by atoms with van der Waals surface area (Å²) in [6.07, 6.45) is 9.11. The normalized spacial score (nSPS) is 37.8. The molecule has 2 N–H and O–H groups in total. The Kier molecular flexibility index (Phi) is 2.06. The predicted octanol–water partition coefficient (Wildman–Crippen LogP) is 2.29. The minimum Gasteiger partial charge on any atom is -0.508 e. The van der Waals surface area contributed by atoms with Gasteiger partial charge in [-0.25, -0.2) is 0 Å². The lowest BCUT2D eigenvalue weighted by Crippen LogP contribution is -2.47. The molecule has 0 aliphatic heterocycles. The van der Waals surface area contributed by atoms with E-state index in [0.29, 0.717) is 5.57 Å². The van der Waals surface area contributed by atoms with Gasteiger partial charge in [0.1, 0.15) is 10.5 Å². The number of hydrogen-bond acceptors (Lipinski definition) is 3. The second-order valence-electron chi connectivity index (χ2n) is 5.19. The first-order valence-electron chi connectivity index (χ1n) is 5.79. The lowest BCUT2D eigenvalue weighted by molar-refractivity contribution is 0.316. The summed E-state index contributed by atoms with van der Waals surface area (Å²) in [6.45, 7) is 1.78. The Morgan fingerprint density at radius 2 is 1.94 bits per heavy atom. The van der Waals surface area contributed by atoms with Gasteiger partial charge < -0.3 is 5.11 Å². The van der Waals surface area contributed by atoms with Crippen LogP contribution in [0, 0.1) is 5.41 Å². The minimum atomic E-state index is -4.22. The van der Waals surface area contributed by atoms with E-state index in [-0.39, 0.29) is 18.6 Å². The van der Waals surface area contributed by atoms with E-state index in [2.05, 4.69) is 0 Å². The largest absolute Gasteiger partial charge is 0.508 e. The number of allylic oxidation sites excluding steroid dienone is 7. The molecule has 3 aliphatic carbocycles. The van der Waals surface area contributed by atoms with Crippen LogP contribution in [0.25, 0.3) is 0 Å². The summed E-state index contributed by atoms with van der Waals surface area (Å²) in [5.74, 6) is 0.0737. The van der Waals surface area contributed by atoms with Crippen LogP contribution in [0.15, 0.2) is 47.3 Å². The lowest BCUT2D eigenvalue weighted by atomic mass is 9.72. The van der Waals surface area contributed by atoms with Crippen LogP contribution in [0.4, 0.5) is 0 Å². The summed E-state index contributed by atoms with van der Waals surface area (Å²) in [4.78, 5) is 0. The number of rotatable bonds is 1. The van der Waals surface area contributed by atoms with Gasteiger partial charge in [-0.2, -0.15) is 8.42 Å². The van der Waals surface area contributed by atoms with Gasteiger partial charge in [0.05, 0.1) is 0 Å². The smallest absolute Gasteiger partial charge is 0.272 e. The zero-order valence-electron chi connectivity index (χ0n) is 9.92. The molecule has 3 rings (SSSR count). The van der Waals surface area contributed by atoms with Crippen molar-refractivity contribution in [2.24, 2.45) is 5.41 Å². The van der Waals surface area contributed by atoms with Crippen molar-refractivity contribution in [3.05, 3.63) is 47.3 Å². The fourth-order valence-corrected chi connectivity index (χ4v) is 4.83. The molecule has 2 atom stereocenters. The molecule has 0 heterocycles. The molecule has 0 saturated heterocycles.